The highest BCUT2D eigenvalue weighted by atomic mass is 16.5. The van der Waals surface area contributed by atoms with Crippen LogP contribution in [0.15, 0.2) is 24.3 Å². The molecule has 0 heterocycles. The smallest absolute Gasteiger partial charge is 0.122 e. The summed E-state index contributed by atoms with van der Waals surface area (Å²) in [6.07, 6.45) is 0.924. The van der Waals surface area contributed by atoms with Crippen LogP contribution in [0, 0.1) is 5.41 Å². The minimum absolute atomic E-state index is 0.0525. The number of aliphatic hydroxyl groups is 1. The van der Waals surface area contributed by atoms with E-state index in [0.717, 1.165) is 17.7 Å². The first-order chi connectivity index (χ1) is 7.63. The monoisotopic (exact) mass is 221 g/mol. The number of benzene rings is 1. The Morgan fingerprint density at radius 2 is 2.12 bits per heavy atom. The van der Waals surface area contributed by atoms with Crippen LogP contribution in [0.1, 0.15) is 18.9 Å². The Kier molecular flexibility index (Phi) is 2.68. The molecule has 1 aliphatic carbocycles. The zero-order valence-electron chi connectivity index (χ0n) is 9.86. The van der Waals surface area contributed by atoms with Gasteiger partial charge in [-0.15, -0.1) is 0 Å². The molecule has 2 rings (SSSR count). The maximum absolute atomic E-state index is 9.50. The first-order valence-electron chi connectivity index (χ1n) is 5.58. The van der Waals surface area contributed by atoms with Crippen molar-refractivity contribution in [2.75, 3.05) is 20.3 Å². The summed E-state index contributed by atoms with van der Waals surface area (Å²) in [6, 6.07) is 7.97. The second-order valence-electron chi connectivity index (χ2n) is 4.85. The Labute approximate surface area is 96.2 Å². The van der Waals surface area contributed by atoms with Gasteiger partial charge < -0.3 is 15.6 Å². The van der Waals surface area contributed by atoms with Crippen molar-refractivity contribution in [1.82, 2.24) is 0 Å². The molecular formula is C13H19NO2. The molecular weight excluding hydrogens is 202 g/mol. The molecule has 3 N–H and O–H groups in total. The van der Waals surface area contributed by atoms with Gasteiger partial charge in [0.05, 0.1) is 13.7 Å². The number of hydrogen-bond acceptors (Lipinski definition) is 3. The molecule has 2 atom stereocenters. The number of rotatable bonds is 4. The highest BCUT2D eigenvalue weighted by molar-refractivity contribution is 5.46. The van der Waals surface area contributed by atoms with Crippen LogP contribution >= 0.6 is 0 Å². The van der Waals surface area contributed by atoms with Gasteiger partial charge in [-0.25, -0.2) is 0 Å². The first kappa shape index (κ1) is 11.4. The number of ether oxygens (including phenoxy) is 1. The second-order valence-corrected chi connectivity index (χ2v) is 4.85. The molecule has 0 saturated heterocycles. The third-order valence-corrected chi connectivity index (χ3v) is 4.13. The van der Waals surface area contributed by atoms with Gasteiger partial charge >= 0.3 is 0 Å². The molecule has 0 aromatic heterocycles. The van der Waals surface area contributed by atoms with E-state index >= 15 is 0 Å². The first-order valence-corrected chi connectivity index (χ1v) is 5.58. The normalized spacial score (nSPS) is 32.5. The molecule has 0 bridgehead atoms. The van der Waals surface area contributed by atoms with Crippen LogP contribution in [0.3, 0.4) is 0 Å². The maximum Gasteiger partial charge on any atom is 0.122 e. The van der Waals surface area contributed by atoms with Gasteiger partial charge in [0.15, 0.2) is 0 Å². The fraction of sp³-hybridized carbons (Fsp3) is 0.538. The van der Waals surface area contributed by atoms with E-state index in [-0.39, 0.29) is 17.4 Å². The maximum atomic E-state index is 9.50. The molecule has 0 amide bonds. The zero-order valence-corrected chi connectivity index (χ0v) is 9.86. The van der Waals surface area contributed by atoms with Gasteiger partial charge in [-0.3, -0.25) is 0 Å². The molecule has 16 heavy (non-hydrogen) atoms. The summed E-state index contributed by atoms with van der Waals surface area (Å²) in [6.45, 7) is 2.80. The van der Waals surface area contributed by atoms with Gasteiger partial charge in [0.2, 0.25) is 0 Å². The van der Waals surface area contributed by atoms with Crippen molar-refractivity contribution in [3.8, 4) is 5.75 Å². The minimum Gasteiger partial charge on any atom is -0.496 e. The number of nitrogens with two attached hydrogens (primary N) is 1. The molecule has 1 aromatic rings. The van der Waals surface area contributed by atoms with Gasteiger partial charge in [0.1, 0.15) is 5.75 Å². The van der Waals surface area contributed by atoms with Gasteiger partial charge in [-0.1, -0.05) is 25.1 Å². The van der Waals surface area contributed by atoms with Crippen LogP contribution in [-0.4, -0.2) is 25.4 Å². The molecule has 3 nitrogen and oxygen atoms in total. The van der Waals surface area contributed by atoms with Crippen molar-refractivity contribution >= 4 is 0 Å². The van der Waals surface area contributed by atoms with Crippen molar-refractivity contribution < 1.29 is 9.84 Å². The molecule has 88 valence electrons. The summed E-state index contributed by atoms with van der Waals surface area (Å²) in [4.78, 5) is 0. The van der Waals surface area contributed by atoms with Crippen LogP contribution in [0.25, 0.3) is 0 Å². The summed E-state index contributed by atoms with van der Waals surface area (Å²) in [5, 5.41) is 9.50. The van der Waals surface area contributed by atoms with E-state index in [0.29, 0.717) is 6.54 Å². The quantitative estimate of drug-likeness (QED) is 0.805. The van der Waals surface area contributed by atoms with Crippen LogP contribution in [-0.2, 0) is 5.41 Å². The molecule has 1 aromatic carbocycles. The molecule has 1 saturated carbocycles. The molecule has 0 radical (unpaired) electrons. The Bertz CT molecular complexity index is 387. The van der Waals surface area contributed by atoms with Crippen molar-refractivity contribution in [1.29, 1.82) is 0 Å². The molecule has 3 heteroatoms. The predicted octanol–water partition coefficient (Wildman–Crippen LogP) is 1.29. The Hall–Kier alpha value is -1.06. The molecule has 0 aliphatic heterocycles. The van der Waals surface area contributed by atoms with Gasteiger partial charge in [0.25, 0.3) is 0 Å². The van der Waals surface area contributed by atoms with E-state index in [1.165, 1.54) is 0 Å². The summed E-state index contributed by atoms with van der Waals surface area (Å²) in [7, 11) is 1.67. The van der Waals surface area contributed by atoms with Gasteiger partial charge in [0, 0.05) is 22.9 Å². The lowest BCUT2D eigenvalue weighted by Crippen LogP contribution is -2.28. The van der Waals surface area contributed by atoms with Crippen LogP contribution in [0.5, 0.6) is 5.75 Å². The van der Waals surface area contributed by atoms with E-state index in [9.17, 15) is 5.11 Å². The fourth-order valence-corrected chi connectivity index (χ4v) is 2.71. The number of aliphatic hydroxyl groups excluding tert-OH is 1. The van der Waals surface area contributed by atoms with E-state index in [1.54, 1.807) is 7.11 Å². The fourth-order valence-electron chi connectivity index (χ4n) is 2.71. The van der Waals surface area contributed by atoms with Crippen molar-refractivity contribution in [3.63, 3.8) is 0 Å². The molecule has 1 aliphatic rings. The number of para-hydroxylation sites is 1. The van der Waals surface area contributed by atoms with E-state index < -0.39 is 0 Å². The SMILES string of the molecule is COc1ccccc1C1(C)CC1(CN)CO. The molecule has 0 spiro atoms. The van der Waals surface area contributed by atoms with E-state index in [2.05, 4.69) is 13.0 Å². The third-order valence-electron chi connectivity index (χ3n) is 4.13. The number of methoxy groups -OCH3 is 1. The lowest BCUT2D eigenvalue weighted by molar-refractivity contribution is 0.197. The lowest BCUT2D eigenvalue weighted by atomic mass is 9.87. The van der Waals surface area contributed by atoms with Crippen molar-refractivity contribution in [2.45, 2.75) is 18.8 Å². The summed E-state index contributed by atoms with van der Waals surface area (Å²) < 4.78 is 5.37. The molecule has 2 unspecified atom stereocenters. The highest BCUT2D eigenvalue weighted by Crippen LogP contribution is 2.65. The average molecular weight is 221 g/mol. The summed E-state index contributed by atoms with van der Waals surface area (Å²) in [5.74, 6) is 0.883. The van der Waals surface area contributed by atoms with Crippen molar-refractivity contribution in [2.24, 2.45) is 11.1 Å². The summed E-state index contributed by atoms with van der Waals surface area (Å²) >= 11 is 0. The highest BCUT2D eigenvalue weighted by Gasteiger charge is 2.64. The zero-order chi connectivity index (χ0) is 11.8. The Morgan fingerprint density at radius 1 is 1.44 bits per heavy atom. The van der Waals surface area contributed by atoms with Gasteiger partial charge in [-0.2, -0.15) is 0 Å². The molecule has 1 fully saturated rings. The summed E-state index contributed by atoms with van der Waals surface area (Å²) in [5.41, 5.74) is 6.72. The lowest BCUT2D eigenvalue weighted by Gasteiger charge is -2.21. The largest absolute Gasteiger partial charge is 0.496 e. The topological polar surface area (TPSA) is 55.5 Å². The second kappa shape index (κ2) is 3.75. The van der Waals surface area contributed by atoms with E-state index in [4.69, 9.17) is 10.5 Å². The Balaban J connectivity index is 2.39. The average Bonchev–Trinajstić information content (AvgIpc) is 2.97. The number of hydrogen-bond donors (Lipinski definition) is 2. The van der Waals surface area contributed by atoms with Gasteiger partial charge in [-0.05, 0) is 12.5 Å². The van der Waals surface area contributed by atoms with Crippen molar-refractivity contribution in [3.05, 3.63) is 29.8 Å². The minimum atomic E-state index is -0.165. The van der Waals surface area contributed by atoms with Crippen LogP contribution in [0.4, 0.5) is 0 Å². The predicted molar refractivity (Wildman–Crippen MR) is 63.5 cm³/mol. The van der Waals surface area contributed by atoms with Crippen LogP contribution in [0.2, 0.25) is 0 Å². The Morgan fingerprint density at radius 3 is 2.62 bits per heavy atom. The standard InChI is InChI=1S/C13H19NO2/c1-12(7-13(12,8-14)9-15)10-5-3-4-6-11(10)16-2/h3-6,15H,7-9,14H2,1-2H3. The van der Waals surface area contributed by atoms with Crippen LogP contribution < -0.4 is 10.5 Å². The van der Waals surface area contributed by atoms with E-state index in [1.807, 2.05) is 18.2 Å². The third kappa shape index (κ3) is 1.35.